The highest BCUT2D eigenvalue weighted by molar-refractivity contribution is 4.65. The second-order valence-electron chi connectivity index (χ2n) is 3.58. The minimum Gasteiger partial charge on any atom is -0.302 e. The largest absolute Gasteiger partial charge is 0.302 e. The maximum Gasteiger partial charge on any atom is 0.0256 e. The highest BCUT2D eigenvalue weighted by atomic mass is 15.4. The van der Waals surface area contributed by atoms with Crippen LogP contribution < -0.4 is 5.84 Å². The molecule has 3 nitrogen and oxygen atoms in total. The predicted octanol–water partition coefficient (Wildman–Crippen LogP) is 0.668. The molecule has 12 heavy (non-hydrogen) atoms. The summed E-state index contributed by atoms with van der Waals surface area (Å²) in [6.07, 6.45) is 3.84. The highest BCUT2D eigenvalue weighted by Crippen LogP contribution is 2.01. The second kappa shape index (κ2) is 5.51. The van der Waals surface area contributed by atoms with Gasteiger partial charge in [0.1, 0.15) is 0 Å². The third kappa shape index (κ3) is 3.52. The van der Waals surface area contributed by atoms with Crippen LogP contribution in [0.4, 0.5) is 0 Å². The molecule has 1 aliphatic heterocycles. The predicted molar refractivity (Wildman–Crippen MR) is 51.7 cm³/mol. The van der Waals surface area contributed by atoms with E-state index in [2.05, 4.69) is 11.8 Å². The van der Waals surface area contributed by atoms with E-state index in [0.29, 0.717) is 0 Å². The van der Waals surface area contributed by atoms with Crippen molar-refractivity contribution in [2.45, 2.75) is 26.2 Å². The Hall–Kier alpha value is -0.120. The fourth-order valence-electron chi connectivity index (χ4n) is 1.60. The number of rotatable bonds is 3. The molecule has 0 radical (unpaired) electrons. The average Bonchev–Trinajstić information content (AvgIpc) is 2.27. The van der Waals surface area contributed by atoms with Gasteiger partial charge in [-0.05, 0) is 25.9 Å². The first-order valence-electron chi connectivity index (χ1n) is 5.05. The molecule has 0 unspecified atom stereocenters. The molecule has 3 heteroatoms. The van der Waals surface area contributed by atoms with Crippen LogP contribution in [0.5, 0.6) is 0 Å². The number of nitrogens with zero attached hydrogens (tertiary/aromatic N) is 2. The van der Waals surface area contributed by atoms with E-state index >= 15 is 0 Å². The summed E-state index contributed by atoms with van der Waals surface area (Å²) in [5.41, 5.74) is 0. The normalized spacial score (nSPS) is 22.5. The maximum absolute atomic E-state index is 5.73. The van der Waals surface area contributed by atoms with E-state index in [-0.39, 0.29) is 0 Å². The summed E-state index contributed by atoms with van der Waals surface area (Å²) >= 11 is 0. The van der Waals surface area contributed by atoms with Gasteiger partial charge in [-0.3, -0.25) is 5.84 Å². The van der Waals surface area contributed by atoms with Crippen LogP contribution in [0.1, 0.15) is 26.2 Å². The van der Waals surface area contributed by atoms with Crippen molar-refractivity contribution < 1.29 is 0 Å². The lowest BCUT2D eigenvalue weighted by Crippen LogP contribution is -2.35. The van der Waals surface area contributed by atoms with Gasteiger partial charge in [0, 0.05) is 19.6 Å². The molecule has 0 aromatic heterocycles. The van der Waals surface area contributed by atoms with Gasteiger partial charge in [-0.2, -0.15) is 0 Å². The van der Waals surface area contributed by atoms with Gasteiger partial charge >= 0.3 is 0 Å². The fraction of sp³-hybridized carbons (Fsp3) is 1.00. The van der Waals surface area contributed by atoms with Crippen LogP contribution in [0, 0.1) is 0 Å². The first-order chi connectivity index (χ1) is 5.83. The van der Waals surface area contributed by atoms with Crippen LogP contribution in [0.2, 0.25) is 0 Å². The van der Waals surface area contributed by atoms with Crippen molar-refractivity contribution in [3.63, 3.8) is 0 Å². The van der Waals surface area contributed by atoms with E-state index in [1.807, 2.05) is 5.01 Å². The summed E-state index contributed by atoms with van der Waals surface area (Å²) < 4.78 is 0. The summed E-state index contributed by atoms with van der Waals surface area (Å²) in [6.45, 7) is 7.97. The van der Waals surface area contributed by atoms with Gasteiger partial charge in [-0.15, -0.1) is 0 Å². The summed E-state index contributed by atoms with van der Waals surface area (Å²) in [5, 5.41) is 1.94. The molecule has 0 spiro atoms. The van der Waals surface area contributed by atoms with Gasteiger partial charge in [0.05, 0.1) is 0 Å². The quantitative estimate of drug-likeness (QED) is 0.633. The molecular weight excluding hydrogens is 150 g/mol. The fourth-order valence-corrected chi connectivity index (χ4v) is 1.60. The zero-order chi connectivity index (χ0) is 8.81. The van der Waals surface area contributed by atoms with Crippen LogP contribution in [0.25, 0.3) is 0 Å². The minimum atomic E-state index is 1.03. The molecular formula is C9H21N3. The summed E-state index contributed by atoms with van der Waals surface area (Å²) in [6, 6.07) is 0. The molecule has 0 aromatic rings. The SMILES string of the molecule is CCCCN1CCCN(N)CC1. The summed E-state index contributed by atoms with van der Waals surface area (Å²) in [4.78, 5) is 2.52. The number of hydrazine groups is 1. The summed E-state index contributed by atoms with van der Waals surface area (Å²) in [7, 11) is 0. The molecule has 0 aromatic carbocycles. The molecule has 0 saturated carbocycles. The third-order valence-electron chi connectivity index (χ3n) is 2.45. The monoisotopic (exact) mass is 171 g/mol. The number of unbranched alkanes of at least 4 members (excludes halogenated alkanes) is 1. The van der Waals surface area contributed by atoms with Crippen LogP contribution >= 0.6 is 0 Å². The molecule has 0 amide bonds. The topological polar surface area (TPSA) is 32.5 Å². The van der Waals surface area contributed by atoms with Crippen molar-refractivity contribution in [1.29, 1.82) is 0 Å². The number of hydrogen-bond acceptors (Lipinski definition) is 3. The van der Waals surface area contributed by atoms with Crippen molar-refractivity contribution in [2.75, 3.05) is 32.7 Å². The van der Waals surface area contributed by atoms with Gasteiger partial charge < -0.3 is 4.90 Å². The first-order valence-corrected chi connectivity index (χ1v) is 5.05. The Labute approximate surface area is 75.5 Å². The van der Waals surface area contributed by atoms with Crippen LogP contribution in [-0.2, 0) is 0 Å². The second-order valence-corrected chi connectivity index (χ2v) is 3.58. The number of nitrogens with two attached hydrogens (primary N) is 1. The van der Waals surface area contributed by atoms with Crippen LogP contribution in [0.3, 0.4) is 0 Å². The van der Waals surface area contributed by atoms with Gasteiger partial charge in [-0.25, -0.2) is 5.01 Å². The Kier molecular flexibility index (Phi) is 4.58. The minimum absolute atomic E-state index is 1.03. The van der Waals surface area contributed by atoms with E-state index in [1.165, 1.54) is 32.4 Å². The van der Waals surface area contributed by atoms with E-state index < -0.39 is 0 Å². The van der Waals surface area contributed by atoms with Crippen molar-refractivity contribution in [1.82, 2.24) is 9.91 Å². The molecule has 72 valence electrons. The van der Waals surface area contributed by atoms with Crippen molar-refractivity contribution in [3.05, 3.63) is 0 Å². The Balaban J connectivity index is 2.17. The van der Waals surface area contributed by atoms with E-state index in [9.17, 15) is 0 Å². The van der Waals surface area contributed by atoms with E-state index in [4.69, 9.17) is 5.84 Å². The van der Waals surface area contributed by atoms with Gasteiger partial charge in [0.2, 0.25) is 0 Å². The van der Waals surface area contributed by atoms with E-state index in [0.717, 1.165) is 19.6 Å². The zero-order valence-electron chi connectivity index (χ0n) is 8.13. The lowest BCUT2D eigenvalue weighted by molar-refractivity contribution is 0.258. The standard InChI is InChI=1S/C9H21N3/c1-2-3-5-11-6-4-7-12(10)9-8-11/h2-10H2,1H3. The Bertz CT molecular complexity index is 114. The lowest BCUT2D eigenvalue weighted by Gasteiger charge is -2.19. The molecule has 1 fully saturated rings. The van der Waals surface area contributed by atoms with Gasteiger partial charge in [0.25, 0.3) is 0 Å². The van der Waals surface area contributed by atoms with Gasteiger partial charge in [-0.1, -0.05) is 13.3 Å². The molecule has 2 N–H and O–H groups in total. The summed E-state index contributed by atoms with van der Waals surface area (Å²) in [5.74, 6) is 5.73. The van der Waals surface area contributed by atoms with E-state index in [1.54, 1.807) is 0 Å². The van der Waals surface area contributed by atoms with Gasteiger partial charge in [0.15, 0.2) is 0 Å². The third-order valence-corrected chi connectivity index (χ3v) is 2.45. The highest BCUT2D eigenvalue weighted by Gasteiger charge is 2.10. The zero-order valence-corrected chi connectivity index (χ0v) is 8.13. The Morgan fingerprint density at radius 3 is 2.75 bits per heavy atom. The molecule has 0 bridgehead atoms. The van der Waals surface area contributed by atoms with Crippen LogP contribution in [0.15, 0.2) is 0 Å². The van der Waals surface area contributed by atoms with Crippen molar-refractivity contribution >= 4 is 0 Å². The van der Waals surface area contributed by atoms with Crippen molar-refractivity contribution in [2.24, 2.45) is 5.84 Å². The van der Waals surface area contributed by atoms with Crippen LogP contribution in [-0.4, -0.2) is 42.6 Å². The van der Waals surface area contributed by atoms with Crippen molar-refractivity contribution in [3.8, 4) is 0 Å². The molecule has 0 atom stereocenters. The molecule has 1 heterocycles. The Morgan fingerprint density at radius 2 is 2.00 bits per heavy atom. The Morgan fingerprint density at radius 1 is 1.17 bits per heavy atom. The smallest absolute Gasteiger partial charge is 0.0256 e. The molecule has 1 saturated heterocycles. The average molecular weight is 171 g/mol. The first kappa shape index (κ1) is 9.96. The maximum atomic E-state index is 5.73. The number of hydrogen-bond donors (Lipinski definition) is 1. The molecule has 0 aliphatic carbocycles. The molecule has 1 rings (SSSR count). The lowest BCUT2D eigenvalue weighted by atomic mass is 10.3. The molecule has 1 aliphatic rings.